The van der Waals surface area contributed by atoms with Crippen LogP contribution in [0.4, 0.5) is 0 Å². The lowest BCUT2D eigenvalue weighted by Gasteiger charge is -2.25. The van der Waals surface area contributed by atoms with Crippen LogP contribution >= 0.6 is 23.2 Å². The summed E-state index contributed by atoms with van der Waals surface area (Å²) in [4.78, 5) is 12.7. The van der Waals surface area contributed by atoms with Gasteiger partial charge in [-0.25, -0.2) is 0 Å². The van der Waals surface area contributed by atoms with Crippen LogP contribution in [0.15, 0.2) is 12.1 Å². The molecule has 0 bridgehead atoms. The van der Waals surface area contributed by atoms with Gasteiger partial charge in [0.25, 0.3) is 0 Å². The van der Waals surface area contributed by atoms with E-state index in [0.717, 1.165) is 18.4 Å². The molecule has 19 heavy (non-hydrogen) atoms. The third-order valence-electron chi connectivity index (χ3n) is 4.75. The molecule has 102 valence electrons. The first kappa shape index (κ1) is 13.5. The van der Waals surface area contributed by atoms with Crippen LogP contribution in [-0.2, 0) is 6.42 Å². The summed E-state index contributed by atoms with van der Waals surface area (Å²) in [5.74, 6) is 0.902. The summed E-state index contributed by atoms with van der Waals surface area (Å²) >= 11 is 12.3. The lowest BCUT2D eigenvalue weighted by Crippen LogP contribution is -2.26. The maximum absolute atomic E-state index is 12.7. The van der Waals surface area contributed by atoms with E-state index in [-0.39, 0.29) is 11.2 Å². The number of carbonyl (C=O) groups excluding carboxylic acids is 1. The van der Waals surface area contributed by atoms with Crippen molar-refractivity contribution >= 4 is 29.0 Å². The van der Waals surface area contributed by atoms with Crippen molar-refractivity contribution in [2.24, 2.45) is 11.3 Å². The zero-order valence-electron chi connectivity index (χ0n) is 11.1. The third kappa shape index (κ3) is 2.21. The SMILES string of the molecule is CC1(CC2CCCC2)Cc2ccc(Cl)c(Cl)c2C1=O. The van der Waals surface area contributed by atoms with Crippen molar-refractivity contribution in [1.29, 1.82) is 0 Å². The maximum Gasteiger partial charge on any atom is 0.170 e. The molecule has 0 spiro atoms. The summed E-state index contributed by atoms with van der Waals surface area (Å²) in [6, 6.07) is 3.76. The number of hydrogen-bond donors (Lipinski definition) is 0. The molecule has 1 unspecified atom stereocenters. The molecule has 1 aromatic rings. The van der Waals surface area contributed by atoms with E-state index in [0.29, 0.717) is 21.5 Å². The van der Waals surface area contributed by atoms with Gasteiger partial charge in [0.2, 0.25) is 0 Å². The van der Waals surface area contributed by atoms with Crippen LogP contribution in [0.5, 0.6) is 0 Å². The van der Waals surface area contributed by atoms with E-state index in [1.54, 1.807) is 6.07 Å². The van der Waals surface area contributed by atoms with Crippen molar-refractivity contribution in [2.75, 3.05) is 0 Å². The molecule has 2 aliphatic carbocycles. The zero-order valence-corrected chi connectivity index (χ0v) is 12.7. The fraction of sp³-hybridized carbons (Fsp3) is 0.562. The van der Waals surface area contributed by atoms with Crippen LogP contribution in [0.25, 0.3) is 0 Å². The molecule has 3 rings (SSSR count). The Morgan fingerprint density at radius 3 is 2.63 bits per heavy atom. The summed E-state index contributed by atoms with van der Waals surface area (Å²) in [6.07, 6.45) is 6.98. The third-order valence-corrected chi connectivity index (χ3v) is 5.56. The van der Waals surface area contributed by atoms with Crippen LogP contribution in [-0.4, -0.2) is 5.78 Å². The molecule has 1 nitrogen and oxygen atoms in total. The summed E-state index contributed by atoms with van der Waals surface area (Å²) in [5.41, 5.74) is 1.47. The minimum absolute atomic E-state index is 0.196. The average molecular weight is 297 g/mol. The predicted molar refractivity (Wildman–Crippen MR) is 79.2 cm³/mol. The highest BCUT2D eigenvalue weighted by atomic mass is 35.5. The number of carbonyl (C=O) groups is 1. The van der Waals surface area contributed by atoms with Gasteiger partial charge in [0, 0.05) is 11.0 Å². The van der Waals surface area contributed by atoms with Crippen LogP contribution in [0.2, 0.25) is 10.0 Å². The van der Waals surface area contributed by atoms with Gasteiger partial charge in [-0.3, -0.25) is 4.79 Å². The Kier molecular flexibility index (Phi) is 3.39. The van der Waals surface area contributed by atoms with Crippen LogP contribution in [0, 0.1) is 11.3 Å². The molecule has 1 saturated carbocycles. The van der Waals surface area contributed by atoms with Crippen molar-refractivity contribution in [3.63, 3.8) is 0 Å². The smallest absolute Gasteiger partial charge is 0.170 e. The molecule has 0 saturated heterocycles. The van der Waals surface area contributed by atoms with E-state index in [2.05, 4.69) is 6.92 Å². The Morgan fingerprint density at radius 2 is 1.95 bits per heavy atom. The Morgan fingerprint density at radius 1 is 1.26 bits per heavy atom. The molecule has 1 atom stereocenters. The summed E-state index contributed by atoms with van der Waals surface area (Å²) in [5, 5.41) is 0.929. The topological polar surface area (TPSA) is 17.1 Å². The summed E-state index contributed by atoms with van der Waals surface area (Å²) in [7, 11) is 0. The van der Waals surface area contributed by atoms with E-state index in [9.17, 15) is 4.79 Å². The molecule has 0 radical (unpaired) electrons. The Hall–Kier alpha value is -0.530. The van der Waals surface area contributed by atoms with E-state index >= 15 is 0 Å². The van der Waals surface area contributed by atoms with Crippen molar-refractivity contribution in [3.8, 4) is 0 Å². The summed E-state index contributed by atoms with van der Waals surface area (Å²) in [6.45, 7) is 2.10. The number of hydrogen-bond acceptors (Lipinski definition) is 1. The van der Waals surface area contributed by atoms with Crippen LogP contribution in [0.1, 0.15) is 54.9 Å². The number of halogens is 2. The number of Topliss-reactive ketones (excluding diaryl/α,β-unsaturated/α-hetero) is 1. The van der Waals surface area contributed by atoms with Crippen LogP contribution < -0.4 is 0 Å². The fourth-order valence-corrected chi connectivity index (χ4v) is 4.23. The molecule has 2 aliphatic rings. The first-order valence-electron chi connectivity index (χ1n) is 7.03. The van der Waals surface area contributed by atoms with Gasteiger partial charge in [-0.15, -0.1) is 0 Å². The fourth-order valence-electron chi connectivity index (χ4n) is 3.80. The van der Waals surface area contributed by atoms with Crippen molar-refractivity contribution in [2.45, 2.75) is 45.4 Å². The lowest BCUT2D eigenvalue weighted by atomic mass is 9.77. The predicted octanol–water partition coefficient (Wildman–Crippen LogP) is 5.32. The van der Waals surface area contributed by atoms with E-state index < -0.39 is 0 Å². The first-order chi connectivity index (χ1) is 9.01. The number of fused-ring (bicyclic) bond motifs is 1. The van der Waals surface area contributed by atoms with E-state index in [4.69, 9.17) is 23.2 Å². The maximum atomic E-state index is 12.7. The molecule has 1 fully saturated rings. The normalized spacial score (nSPS) is 27.0. The molecule has 1 aromatic carbocycles. The highest BCUT2D eigenvalue weighted by Gasteiger charge is 2.44. The minimum Gasteiger partial charge on any atom is -0.293 e. The second kappa shape index (κ2) is 4.79. The molecule has 0 N–H and O–H groups in total. The van der Waals surface area contributed by atoms with Crippen molar-refractivity contribution in [3.05, 3.63) is 33.3 Å². The van der Waals surface area contributed by atoms with Gasteiger partial charge in [0.1, 0.15) is 0 Å². The molecular weight excluding hydrogens is 279 g/mol. The van der Waals surface area contributed by atoms with Crippen molar-refractivity contribution < 1.29 is 4.79 Å². The van der Waals surface area contributed by atoms with E-state index in [1.807, 2.05) is 6.07 Å². The molecule has 0 heterocycles. The molecule has 0 aromatic heterocycles. The largest absolute Gasteiger partial charge is 0.293 e. The van der Waals surface area contributed by atoms with Gasteiger partial charge in [-0.2, -0.15) is 0 Å². The van der Waals surface area contributed by atoms with Gasteiger partial charge in [0.15, 0.2) is 5.78 Å². The number of rotatable bonds is 2. The minimum atomic E-state index is -0.272. The lowest BCUT2D eigenvalue weighted by molar-refractivity contribution is 0.0804. The standard InChI is InChI=1S/C16H18Cl2O/c1-16(8-10-4-2-3-5-10)9-11-6-7-12(17)14(18)13(11)15(16)19/h6-7,10H,2-5,8-9H2,1H3. The number of benzene rings is 1. The van der Waals surface area contributed by atoms with Gasteiger partial charge >= 0.3 is 0 Å². The van der Waals surface area contributed by atoms with Crippen molar-refractivity contribution in [1.82, 2.24) is 0 Å². The second-order valence-electron chi connectivity index (χ2n) is 6.32. The monoisotopic (exact) mass is 296 g/mol. The highest BCUT2D eigenvalue weighted by molar-refractivity contribution is 6.44. The first-order valence-corrected chi connectivity index (χ1v) is 7.78. The highest BCUT2D eigenvalue weighted by Crippen LogP contribution is 2.47. The molecule has 3 heteroatoms. The molecule has 0 aliphatic heterocycles. The number of ketones is 1. The van der Waals surface area contributed by atoms with E-state index in [1.165, 1.54) is 25.7 Å². The Bertz CT molecular complexity index is 532. The Balaban J connectivity index is 1.91. The van der Waals surface area contributed by atoms with Gasteiger partial charge in [-0.1, -0.05) is 61.9 Å². The van der Waals surface area contributed by atoms with Gasteiger partial charge in [-0.05, 0) is 30.4 Å². The Labute approximate surface area is 124 Å². The summed E-state index contributed by atoms with van der Waals surface area (Å²) < 4.78 is 0. The van der Waals surface area contributed by atoms with Gasteiger partial charge < -0.3 is 0 Å². The molecule has 0 amide bonds. The van der Waals surface area contributed by atoms with Crippen LogP contribution in [0.3, 0.4) is 0 Å². The molecular formula is C16H18Cl2O. The quantitative estimate of drug-likeness (QED) is 0.722. The van der Waals surface area contributed by atoms with Gasteiger partial charge in [0.05, 0.1) is 10.0 Å². The second-order valence-corrected chi connectivity index (χ2v) is 7.10. The average Bonchev–Trinajstić information content (AvgIpc) is 2.93. The zero-order chi connectivity index (χ0) is 13.6.